The first-order chi connectivity index (χ1) is 13.5. The number of nitrogens with one attached hydrogen (secondary N) is 2. The van der Waals surface area contributed by atoms with E-state index in [1.807, 2.05) is 49.4 Å². The molecule has 28 heavy (non-hydrogen) atoms. The van der Waals surface area contributed by atoms with Gasteiger partial charge in [0.1, 0.15) is 5.75 Å². The Morgan fingerprint density at radius 2 is 1.46 bits per heavy atom. The number of amides is 1. The van der Waals surface area contributed by atoms with Gasteiger partial charge in [-0.25, -0.2) is 8.42 Å². The molecule has 1 amide bonds. The summed E-state index contributed by atoms with van der Waals surface area (Å²) < 4.78 is 29.9. The van der Waals surface area contributed by atoms with Crippen LogP contribution in [0.1, 0.15) is 17.3 Å². The van der Waals surface area contributed by atoms with Gasteiger partial charge in [-0.2, -0.15) is 0 Å². The predicted molar refractivity (Wildman–Crippen MR) is 107 cm³/mol. The average molecular weight is 396 g/mol. The van der Waals surface area contributed by atoms with Crippen LogP contribution in [0, 0.1) is 0 Å². The summed E-state index contributed by atoms with van der Waals surface area (Å²) in [6, 6.07) is 22.6. The molecule has 0 bridgehead atoms. The molecule has 7 heteroatoms. The molecule has 0 heterocycles. The van der Waals surface area contributed by atoms with Crippen molar-refractivity contribution in [1.29, 1.82) is 0 Å². The van der Waals surface area contributed by atoms with Crippen molar-refractivity contribution in [3.8, 4) is 16.9 Å². The van der Waals surface area contributed by atoms with E-state index in [0.29, 0.717) is 17.9 Å². The van der Waals surface area contributed by atoms with Crippen LogP contribution in [0.2, 0.25) is 0 Å². The van der Waals surface area contributed by atoms with Crippen molar-refractivity contribution >= 4 is 15.9 Å². The maximum absolute atomic E-state index is 12.3. The summed E-state index contributed by atoms with van der Waals surface area (Å²) in [4.78, 5) is 14.4. The van der Waals surface area contributed by atoms with Crippen molar-refractivity contribution < 1.29 is 17.9 Å². The molecule has 3 aromatic rings. The van der Waals surface area contributed by atoms with Crippen LogP contribution < -0.4 is 15.0 Å². The number of hydrogen-bond acceptors (Lipinski definition) is 4. The first-order valence-corrected chi connectivity index (χ1v) is 10.2. The maximum Gasteiger partial charge on any atom is 0.266 e. The van der Waals surface area contributed by atoms with E-state index in [1.165, 1.54) is 12.1 Å². The van der Waals surface area contributed by atoms with Gasteiger partial charge >= 0.3 is 0 Å². The van der Waals surface area contributed by atoms with E-state index in [0.717, 1.165) is 11.1 Å². The lowest BCUT2D eigenvalue weighted by Gasteiger charge is -2.10. The van der Waals surface area contributed by atoms with Gasteiger partial charge in [0, 0.05) is 5.56 Å². The first-order valence-electron chi connectivity index (χ1n) is 8.70. The fraction of sp³-hybridized carbons (Fsp3) is 0.0952. The molecule has 0 fully saturated rings. The lowest BCUT2D eigenvalue weighted by atomic mass is 10.0. The summed E-state index contributed by atoms with van der Waals surface area (Å²) in [7, 11) is -3.88. The number of carbonyl (C=O) groups is 1. The zero-order valence-electron chi connectivity index (χ0n) is 15.3. The Morgan fingerprint density at radius 1 is 0.857 bits per heavy atom. The highest BCUT2D eigenvalue weighted by atomic mass is 32.2. The molecular formula is C21H20N2O4S. The van der Waals surface area contributed by atoms with Gasteiger partial charge in [0.15, 0.2) is 0 Å². The van der Waals surface area contributed by atoms with Gasteiger partial charge in [-0.05, 0) is 54.4 Å². The standard InChI is InChI=1S/C21H20N2O4S/c1-2-27-19-12-14-20(15-13-19)28(25,26)23-22-21(24)18-10-8-17(9-11-18)16-6-4-3-5-7-16/h3-15,23H,2H2,1H3,(H,22,24). The van der Waals surface area contributed by atoms with Crippen molar-refractivity contribution in [1.82, 2.24) is 10.3 Å². The van der Waals surface area contributed by atoms with Gasteiger partial charge in [0.2, 0.25) is 0 Å². The normalized spacial score (nSPS) is 11.0. The smallest absolute Gasteiger partial charge is 0.266 e. The number of sulfonamides is 1. The summed E-state index contributed by atoms with van der Waals surface area (Å²) in [6.07, 6.45) is 0. The third-order valence-corrected chi connectivity index (χ3v) is 5.26. The summed E-state index contributed by atoms with van der Waals surface area (Å²) in [5.74, 6) is 0.0260. The molecule has 0 atom stereocenters. The zero-order valence-corrected chi connectivity index (χ0v) is 16.1. The molecule has 0 saturated heterocycles. The third-order valence-electron chi connectivity index (χ3n) is 4.00. The number of hydrogen-bond donors (Lipinski definition) is 2. The van der Waals surface area contributed by atoms with Gasteiger partial charge in [0.25, 0.3) is 15.9 Å². The molecule has 144 valence electrons. The molecule has 0 radical (unpaired) electrons. The Hall–Kier alpha value is -3.16. The molecule has 0 spiro atoms. The topological polar surface area (TPSA) is 84.5 Å². The average Bonchev–Trinajstić information content (AvgIpc) is 2.73. The second-order valence-electron chi connectivity index (χ2n) is 5.91. The highest BCUT2D eigenvalue weighted by Gasteiger charge is 2.16. The Kier molecular flexibility index (Phi) is 6.08. The summed E-state index contributed by atoms with van der Waals surface area (Å²) >= 11 is 0. The Morgan fingerprint density at radius 3 is 2.07 bits per heavy atom. The lowest BCUT2D eigenvalue weighted by molar-refractivity contribution is 0.0945. The molecule has 0 unspecified atom stereocenters. The second-order valence-corrected chi connectivity index (χ2v) is 7.59. The molecule has 3 rings (SSSR count). The largest absolute Gasteiger partial charge is 0.494 e. The van der Waals surface area contributed by atoms with Crippen LogP contribution in [0.4, 0.5) is 0 Å². The maximum atomic E-state index is 12.3. The fourth-order valence-corrected chi connectivity index (χ4v) is 3.41. The van der Waals surface area contributed by atoms with Crippen molar-refractivity contribution in [2.75, 3.05) is 6.61 Å². The number of ether oxygens (including phenoxy) is 1. The van der Waals surface area contributed by atoms with Crippen molar-refractivity contribution in [2.45, 2.75) is 11.8 Å². The molecule has 3 aromatic carbocycles. The Bertz CT molecular complexity index is 1030. The van der Waals surface area contributed by atoms with Crippen molar-refractivity contribution in [2.24, 2.45) is 0 Å². The second kappa shape index (κ2) is 8.69. The minimum absolute atomic E-state index is 0.0238. The van der Waals surface area contributed by atoms with E-state index in [2.05, 4.69) is 10.3 Å². The molecular weight excluding hydrogens is 376 g/mol. The molecule has 2 N–H and O–H groups in total. The minimum Gasteiger partial charge on any atom is -0.494 e. The van der Waals surface area contributed by atoms with Crippen LogP contribution in [-0.4, -0.2) is 20.9 Å². The van der Waals surface area contributed by atoms with Crippen LogP contribution in [0.3, 0.4) is 0 Å². The van der Waals surface area contributed by atoms with Crippen molar-refractivity contribution in [3.63, 3.8) is 0 Å². The van der Waals surface area contributed by atoms with E-state index in [1.54, 1.807) is 24.3 Å². The number of benzene rings is 3. The molecule has 0 aliphatic rings. The predicted octanol–water partition coefficient (Wildman–Crippen LogP) is 3.38. The van der Waals surface area contributed by atoms with Crippen LogP contribution in [0.25, 0.3) is 11.1 Å². The fourth-order valence-electron chi connectivity index (χ4n) is 2.57. The van der Waals surface area contributed by atoms with Crippen LogP contribution >= 0.6 is 0 Å². The highest BCUT2D eigenvalue weighted by molar-refractivity contribution is 7.89. The van der Waals surface area contributed by atoms with E-state index in [9.17, 15) is 13.2 Å². The number of rotatable bonds is 7. The van der Waals surface area contributed by atoms with E-state index in [4.69, 9.17) is 4.74 Å². The quantitative estimate of drug-likeness (QED) is 0.600. The van der Waals surface area contributed by atoms with E-state index in [-0.39, 0.29) is 4.90 Å². The molecule has 0 aliphatic heterocycles. The number of carbonyl (C=O) groups excluding carboxylic acids is 1. The van der Waals surface area contributed by atoms with E-state index < -0.39 is 15.9 Å². The zero-order chi connectivity index (χ0) is 20.0. The molecule has 6 nitrogen and oxygen atoms in total. The third kappa shape index (κ3) is 4.76. The molecule has 0 aromatic heterocycles. The SMILES string of the molecule is CCOc1ccc(S(=O)(=O)NNC(=O)c2ccc(-c3ccccc3)cc2)cc1. The van der Waals surface area contributed by atoms with Gasteiger partial charge in [0.05, 0.1) is 11.5 Å². The monoisotopic (exact) mass is 396 g/mol. The van der Waals surface area contributed by atoms with Gasteiger partial charge in [-0.3, -0.25) is 10.2 Å². The number of hydrazine groups is 1. The van der Waals surface area contributed by atoms with Crippen LogP contribution in [0.5, 0.6) is 5.75 Å². The van der Waals surface area contributed by atoms with Crippen LogP contribution in [-0.2, 0) is 10.0 Å². The van der Waals surface area contributed by atoms with E-state index >= 15 is 0 Å². The first kappa shape index (κ1) is 19.6. The summed E-state index contributed by atoms with van der Waals surface area (Å²) in [5.41, 5.74) is 4.57. The van der Waals surface area contributed by atoms with Gasteiger partial charge < -0.3 is 4.74 Å². The van der Waals surface area contributed by atoms with Crippen LogP contribution in [0.15, 0.2) is 83.8 Å². The molecule has 0 saturated carbocycles. The highest BCUT2D eigenvalue weighted by Crippen LogP contribution is 2.19. The Balaban J connectivity index is 1.64. The minimum atomic E-state index is -3.88. The Labute approximate surface area is 164 Å². The molecule has 0 aliphatic carbocycles. The summed E-state index contributed by atoms with van der Waals surface area (Å²) in [5, 5.41) is 0. The summed E-state index contributed by atoms with van der Waals surface area (Å²) in [6.45, 7) is 2.33. The van der Waals surface area contributed by atoms with Crippen molar-refractivity contribution in [3.05, 3.63) is 84.4 Å². The van der Waals surface area contributed by atoms with Gasteiger partial charge in [-0.1, -0.05) is 42.5 Å². The lowest BCUT2D eigenvalue weighted by Crippen LogP contribution is -2.41. The van der Waals surface area contributed by atoms with Gasteiger partial charge in [-0.15, -0.1) is 4.83 Å².